The quantitative estimate of drug-likeness (QED) is 0.320. The fourth-order valence-corrected chi connectivity index (χ4v) is 4.65. The number of Topliss-reactive ketones (excluding diaryl/α,β-unsaturated/α-hetero) is 1. The van der Waals surface area contributed by atoms with Crippen LogP contribution in [0.5, 0.6) is 11.5 Å². The molecule has 0 radical (unpaired) electrons. The molecule has 188 valence electrons. The van der Waals surface area contributed by atoms with Crippen molar-refractivity contribution >= 4 is 17.4 Å². The highest BCUT2D eigenvalue weighted by Crippen LogP contribution is 2.44. The number of benzene rings is 2. The Balaban J connectivity index is 1.67. The number of ether oxygens (including phenoxy) is 3. The number of methoxy groups -OCH3 is 1. The monoisotopic (exact) mass is 492 g/mol. The minimum absolute atomic E-state index is 0.00865. The van der Waals surface area contributed by atoms with E-state index < -0.39 is 16.8 Å². The number of non-ortho nitro benzene ring substituents is 1. The molecule has 0 spiro atoms. The molecule has 0 bridgehead atoms. The number of carbonyl (C=O) groups is 2. The van der Waals surface area contributed by atoms with E-state index in [1.54, 1.807) is 31.2 Å². The zero-order chi connectivity index (χ0) is 25.8. The van der Waals surface area contributed by atoms with Gasteiger partial charge in [-0.3, -0.25) is 14.9 Å². The Morgan fingerprint density at radius 2 is 1.89 bits per heavy atom. The van der Waals surface area contributed by atoms with E-state index in [0.29, 0.717) is 34.8 Å². The number of rotatable bonds is 8. The third-order valence-corrected chi connectivity index (χ3v) is 6.33. The molecule has 0 saturated carbocycles. The van der Waals surface area contributed by atoms with Crippen molar-refractivity contribution in [2.24, 2.45) is 0 Å². The topological polar surface area (TPSA) is 117 Å². The first-order chi connectivity index (χ1) is 17.3. The summed E-state index contributed by atoms with van der Waals surface area (Å²) < 4.78 is 16.9. The van der Waals surface area contributed by atoms with Gasteiger partial charge in [0.05, 0.1) is 24.2 Å². The maximum atomic E-state index is 13.0. The highest BCUT2D eigenvalue weighted by Gasteiger charge is 2.39. The lowest BCUT2D eigenvalue weighted by atomic mass is 9.75. The normalized spacial score (nSPS) is 17.3. The molecule has 0 saturated heterocycles. The molecule has 2 aromatic rings. The van der Waals surface area contributed by atoms with Gasteiger partial charge >= 0.3 is 5.97 Å². The highest BCUT2D eigenvalue weighted by atomic mass is 16.6. The number of hydrogen-bond donors (Lipinski definition) is 1. The number of ketones is 1. The minimum Gasteiger partial charge on any atom is -0.493 e. The maximum absolute atomic E-state index is 13.0. The number of esters is 1. The predicted molar refractivity (Wildman–Crippen MR) is 132 cm³/mol. The Kier molecular flexibility index (Phi) is 7.38. The van der Waals surface area contributed by atoms with Gasteiger partial charge in [-0.05, 0) is 62.1 Å². The lowest BCUT2D eigenvalue weighted by molar-refractivity contribution is -0.384. The second-order valence-electron chi connectivity index (χ2n) is 8.61. The van der Waals surface area contributed by atoms with Crippen LogP contribution in [0, 0.1) is 10.1 Å². The summed E-state index contributed by atoms with van der Waals surface area (Å²) in [5.41, 5.74) is 4.01. The summed E-state index contributed by atoms with van der Waals surface area (Å²) in [6.07, 6.45) is 1.93. The van der Waals surface area contributed by atoms with Crippen molar-refractivity contribution in [2.45, 2.75) is 45.6 Å². The maximum Gasteiger partial charge on any atom is 0.336 e. The van der Waals surface area contributed by atoms with Crippen LogP contribution >= 0.6 is 0 Å². The van der Waals surface area contributed by atoms with Crippen LogP contribution in [0.2, 0.25) is 0 Å². The average molecular weight is 493 g/mol. The number of nitrogens with zero attached hydrogens (tertiary/aromatic N) is 1. The summed E-state index contributed by atoms with van der Waals surface area (Å²) in [5, 5.41) is 14.1. The van der Waals surface area contributed by atoms with Gasteiger partial charge in [0, 0.05) is 41.4 Å². The Morgan fingerprint density at radius 3 is 2.56 bits per heavy atom. The number of nitro groups is 1. The molecule has 1 N–H and O–H groups in total. The van der Waals surface area contributed by atoms with E-state index in [-0.39, 0.29) is 24.7 Å². The summed E-state index contributed by atoms with van der Waals surface area (Å²) in [6, 6.07) is 11.5. The lowest BCUT2D eigenvalue weighted by Crippen LogP contribution is -2.34. The number of carbonyl (C=O) groups excluding carboxylic acids is 2. The van der Waals surface area contributed by atoms with E-state index in [2.05, 4.69) is 5.32 Å². The molecule has 1 aliphatic carbocycles. The van der Waals surface area contributed by atoms with Gasteiger partial charge in [0.15, 0.2) is 17.3 Å². The van der Waals surface area contributed by atoms with Gasteiger partial charge in [0.25, 0.3) is 5.69 Å². The molecule has 9 heteroatoms. The molecular weight excluding hydrogens is 464 g/mol. The SMILES string of the molecule is CCOC(=O)C1=C(C)NC2=C(C(=O)CCC2)[C@@H]1c1ccc(OCc2ccc([N+](=O)[O-])cc2)c(OC)c1. The Morgan fingerprint density at radius 1 is 1.14 bits per heavy atom. The van der Waals surface area contributed by atoms with Crippen molar-refractivity contribution in [3.63, 3.8) is 0 Å². The van der Waals surface area contributed by atoms with Gasteiger partial charge in [-0.1, -0.05) is 6.07 Å². The first-order valence-corrected chi connectivity index (χ1v) is 11.8. The van der Waals surface area contributed by atoms with Crippen LogP contribution < -0.4 is 14.8 Å². The highest BCUT2D eigenvalue weighted by molar-refractivity contribution is 6.03. The summed E-state index contributed by atoms with van der Waals surface area (Å²) in [7, 11) is 1.52. The van der Waals surface area contributed by atoms with E-state index in [0.717, 1.165) is 29.7 Å². The Bertz CT molecular complexity index is 1260. The standard InChI is InChI=1S/C27H28N2O7/c1-4-35-27(31)24-16(2)28-20-6-5-7-21(30)26(20)25(24)18-10-13-22(23(14-18)34-3)36-15-17-8-11-19(12-9-17)29(32)33/h8-14,25,28H,4-7,15H2,1-3H3/t25-/m1/s1. The van der Waals surface area contributed by atoms with E-state index in [1.807, 2.05) is 13.0 Å². The van der Waals surface area contributed by atoms with Crippen LogP contribution in [0.15, 0.2) is 65.0 Å². The number of hydrogen-bond acceptors (Lipinski definition) is 8. The summed E-state index contributed by atoms with van der Waals surface area (Å²) in [6.45, 7) is 3.97. The van der Waals surface area contributed by atoms with Crippen LogP contribution in [-0.4, -0.2) is 30.4 Å². The Hall–Kier alpha value is -4.14. The first-order valence-electron chi connectivity index (χ1n) is 11.8. The second kappa shape index (κ2) is 10.6. The molecule has 9 nitrogen and oxygen atoms in total. The van der Waals surface area contributed by atoms with Crippen LogP contribution in [-0.2, 0) is 20.9 Å². The third kappa shape index (κ3) is 4.95. The van der Waals surface area contributed by atoms with E-state index in [9.17, 15) is 19.7 Å². The zero-order valence-corrected chi connectivity index (χ0v) is 20.5. The molecule has 1 aliphatic heterocycles. The largest absolute Gasteiger partial charge is 0.493 e. The zero-order valence-electron chi connectivity index (χ0n) is 20.5. The van der Waals surface area contributed by atoms with E-state index in [4.69, 9.17) is 14.2 Å². The molecular formula is C27H28N2O7. The predicted octanol–water partition coefficient (Wildman–Crippen LogP) is 4.71. The molecule has 2 aliphatic rings. The molecule has 2 aromatic carbocycles. The molecule has 0 aromatic heterocycles. The van der Waals surface area contributed by atoms with Crippen molar-refractivity contribution in [1.82, 2.24) is 5.32 Å². The molecule has 0 unspecified atom stereocenters. The first kappa shape index (κ1) is 25.0. The van der Waals surface area contributed by atoms with Crippen LogP contribution in [0.1, 0.15) is 50.2 Å². The van der Waals surface area contributed by atoms with Crippen molar-refractivity contribution in [3.05, 3.63) is 86.2 Å². The smallest absolute Gasteiger partial charge is 0.336 e. The summed E-state index contributed by atoms with van der Waals surface area (Å²) in [5.74, 6) is -0.114. The second-order valence-corrected chi connectivity index (χ2v) is 8.61. The van der Waals surface area contributed by atoms with Crippen molar-refractivity contribution < 1.29 is 28.7 Å². The fraction of sp³-hybridized carbons (Fsp3) is 0.333. The van der Waals surface area contributed by atoms with Crippen molar-refractivity contribution in [3.8, 4) is 11.5 Å². The fourth-order valence-electron chi connectivity index (χ4n) is 4.65. The Labute approximate surface area is 208 Å². The van der Waals surface area contributed by atoms with Gasteiger partial charge in [-0.25, -0.2) is 4.79 Å². The van der Waals surface area contributed by atoms with Crippen LogP contribution in [0.4, 0.5) is 5.69 Å². The molecule has 0 fully saturated rings. The summed E-state index contributed by atoms with van der Waals surface area (Å²) >= 11 is 0. The van der Waals surface area contributed by atoms with E-state index >= 15 is 0 Å². The van der Waals surface area contributed by atoms with Crippen molar-refractivity contribution in [2.75, 3.05) is 13.7 Å². The number of nitro benzene ring substituents is 1. The van der Waals surface area contributed by atoms with Crippen LogP contribution in [0.25, 0.3) is 0 Å². The molecule has 1 heterocycles. The minimum atomic E-state index is -0.578. The molecule has 1 atom stereocenters. The van der Waals surface area contributed by atoms with Crippen molar-refractivity contribution in [1.29, 1.82) is 0 Å². The molecule has 36 heavy (non-hydrogen) atoms. The molecule has 4 rings (SSSR count). The van der Waals surface area contributed by atoms with Gasteiger partial charge in [-0.15, -0.1) is 0 Å². The average Bonchev–Trinajstić information content (AvgIpc) is 2.87. The van der Waals surface area contributed by atoms with Gasteiger partial charge in [0.2, 0.25) is 0 Å². The number of dihydropyridines is 1. The molecule has 0 amide bonds. The van der Waals surface area contributed by atoms with Crippen LogP contribution in [0.3, 0.4) is 0 Å². The number of nitrogens with one attached hydrogen (secondary N) is 1. The van der Waals surface area contributed by atoms with Gasteiger partial charge in [0.1, 0.15) is 6.61 Å². The lowest BCUT2D eigenvalue weighted by Gasteiger charge is -2.34. The summed E-state index contributed by atoms with van der Waals surface area (Å²) in [4.78, 5) is 36.4. The third-order valence-electron chi connectivity index (χ3n) is 6.33. The van der Waals surface area contributed by atoms with Gasteiger partial charge in [-0.2, -0.15) is 0 Å². The number of allylic oxidation sites excluding steroid dienone is 3. The van der Waals surface area contributed by atoms with E-state index in [1.165, 1.54) is 19.2 Å². The van der Waals surface area contributed by atoms with Gasteiger partial charge < -0.3 is 19.5 Å².